The van der Waals surface area contributed by atoms with Gasteiger partial charge in [0.15, 0.2) is 0 Å². The molecular weight excluding hydrogens is 270 g/mol. The van der Waals surface area contributed by atoms with Crippen LogP contribution in [0, 0.1) is 5.92 Å². The summed E-state index contributed by atoms with van der Waals surface area (Å²) < 4.78 is 1.19. The molecule has 1 nitrogen and oxygen atoms in total. The number of nitrogens with one attached hydrogen (secondary N) is 1. The SMILES string of the molecule is CC(=Cc1ccc(Br)s1)CNCC(C)C. The van der Waals surface area contributed by atoms with E-state index in [1.807, 2.05) is 0 Å². The highest BCUT2D eigenvalue weighted by molar-refractivity contribution is 9.11. The average Bonchev–Trinajstić information content (AvgIpc) is 2.50. The average molecular weight is 288 g/mol. The smallest absolute Gasteiger partial charge is 0.0704 e. The molecule has 15 heavy (non-hydrogen) atoms. The minimum Gasteiger partial charge on any atom is -0.313 e. The van der Waals surface area contributed by atoms with Gasteiger partial charge in [-0.05, 0) is 53.5 Å². The highest BCUT2D eigenvalue weighted by Crippen LogP contribution is 2.23. The minimum atomic E-state index is 0.716. The van der Waals surface area contributed by atoms with Crippen LogP contribution in [0.3, 0.4) is 0 Å². The zero-order valence-corrected chi connectivity index (χ0v) is 11.9. The molecule has 1 aromatic rings. The van der Waals surface area contributed by atoms with Crippen LogP contribution in [-0.2, 0) is 0 Å². The van der Waals surface area contributed by atoms with Gasteiger partial charge in [0.1, 0.15) is 0 Å². The van der Waals surface area contributed by atoms with E-state index in [2.05, 4.69) is 60.2 Å². The standard InChI is InChI=1S/C12H18BrNS/c1-9(2)7-14-8-10(3)6-11-4-5-12(13)15-11/h4-6,9,14H,7-8H2,1-3H3. The van der Waals surface area contributed by atoms with Gasteiger partial charge in [0.2, 0.25) is 0 Å². The lowest BCUT2D eigenvalue weighted by Crippen LogP contribution is -2.21. The molecular formula is C12H18BrNS. The summed E-state index contributed by atoms with van der Waals surface area (Å²) >= 11 is 5.24. The van der Waals surface area contributed by atoms with Gasteiger partial charge in [-0.1, -0.05) is 19.4 Å². The van der Waals surface area contributed by atoms with E-state index in [1.165, 1.54) is 14.2 Å². The van der Waals surface area contributed by atoms with Gasteiger partial charge in [-0.25, -0.2) is 0 Å². The molecule has 1 N–H and O–H groups in total. The van der Waals surface area contributed by atoms with Crippen molar-refractivity contribution in [3.63, 3.8) is 0 Å². The second kappa shape index (κ2) is 6.46. The lowest BCUT2D eigenvalue weighted by Gasteiger charge is -2.07. The third-order valence-corrected chi connectivity index (χ3v) is 3.51. The van der Waals surface area contributed by atoms with Gasteiger partial charge < -0.3 is 5.32 Å². The molecule has 84 valence electrons. The van der Waals surface area contributed by atoms with Crippen molar-refractivity contribution < 1.29 is 0 Å². The van der Waals surface area contributed by atoms with Gasteiger partial charge in [0.25, 0.3) is 0 Å². The first-order valence-electron chi connectivity index (χ1n) is 5.21. The van der Waals surface area contributed by atoms with E-state index < -0.39 is 0 Å². The van der Waals surface area contributed by atoms with Crippen LogP contribution in [0.5, 0.6) is 0 Å². The lowest BCUT2D eigenvalue weighted by atomic mass is 10.2. The normalized spacial score (nSPS) is 12.5. The zero-order valence-electron chi connectivity index (χ0n) is 9.51. The van der Waals surface area contributed by atoms with E-state index in [4.69, 9.17) is 0 Å². The van der Waals surface area contributed by atoms with E-state index in [9.17, 15) is 0 Å². The monoisotopic (exact) mass is 287 g/mol. The van der Waals surface area contributed by atoms with Crippen molar-refractivity contribution in [1.82, 2.24) is 5.32 Å². The summed E-state index contributed by atoms with van der Waals surface area (Å²) in [5, 5.41) is 3.44. The third kappa shape index (κ3) is 5.50. The molecule has 0 unspecified atom stereocenters. The van der Waals surface area contributed by atoms with Crippen molar-refractivity contribution in [3.8, 4) is 0 Å². The van der Waals surface area contributed by atoms with Gasteiger partial charge >= 0.3 is 0 Å². The second-order valence-corrected chi connectivity index (χ2v) is 6.65. The molecule has 0 bridgehead atoms. The molecule has 0 radical (unpaired) electrons. The molecule has 0 saturated carbocycles. The van der Waals surface area contributed by atoms with Crippen molar-refractivity contribution >= 4 is 33.3 Å². The van der Waals surface area contributed by atoms with E-state index in [-0.39, 0.29) is 0 Å². The molecule has 0 fully saturated rings. The lowest BCUT2D eigenvalue weighted by molar-refractivity contribution is 0.572. The fourth-order valence-electron chi connectivity index (χ4n) is 1.26. The molecule has 1 rings (SSSR count). The van der Waals surface area contributed by atoms with Gasteiger partial charge in [0, 0.05) is 11.4 Å². The predicted octanol–water partition coefficient (Wildman–Crippen LogP) is 4.16. The quantitative estimate of drug-likeness (QED) is 0.858. The second-order valence-electron chi connectivity index (χ2n) is 4.16. The molecule has 0 aliphatic rings. The van der Waals surface area contributed by atoms with Crippen LogP contribution in [0.25, 0.3) is 6.08 Å². The van der Waals surface area contributed by atoms with Gasteiger partial charge in [0.05, 0.1) is 3.79 Å². The fraction of sp³-hybridized carbons (Fsp3) is 0.500. The molecule has 1 aromatic heterocycles. The molecule has 3 heteroatoms. The fourth-order valence-corrected chi connectivity index (χ4v) is 2.71. The Labute approximate surface area is 105 Å². The van der Waals surface area contributed by atoms with Crippen LogP contribution in [0.1, 0.15) is 25.6 Å². The van der Waals surface area contributed by atoms with Crippen molar-refractivity contribution in [2.75, 3.05) is 13.1 Å². The van der Waals surface area contributed by atoms with E-state index >= 15 is 0 Å². The van der Waals surface area contributed by atoms with Crippen molar-refractivity contribution in [2.24, 2.45) is 5.92 Å². The maximum Gasteiger partial charge on any atom is 0.0704 e. The summed E-state index contributed by atoms with van der Waals surface area (Å²) in [5.41, 5.74) is 1.38. The third-order valence-electron chi connectivity index (χ3n) is 1.94. The van der Waals surface area contributed by atoms with Crippen LogP contribution in [0.4, 0.5) is 0 Å². The number of halogens is 1. The van der Waals surface area contributed by atoms with Crippen LogP contribution in [-0.4, -0.2) is 13.1 Å². The first kappa shape index (κ1) is 12.9. The Bertz CT molecular complexity index is 328. The Morgan fingerprint density at radius 3 is 2.80 bits per heavy atom. The summed E-state index contributed by atoms with van der Waals surface area (Å²) in [7, 11) is 0. The first-order chi connectivity index (χ1) is 7.08. The number of hydrogen-bond donors (Lipinski definition) is 1. The molecule has 0 saturated heterocycles. The Morgan fingerprint density at radius 1 is 1.53 bits per heavy atom. The van der Waals surface area contributed by atoms with Crippen LogP contribution in [0.2, 0.25) is 0 Å². The van der Waals surface area contributed by atoms with Crippen LogP contribution < -0.4 is 5.32 Å². The Hall–Kier alpha value is -0.120. The van der Waals surface area contributed by atoms with E-state index in [0.717, 1.165) is 13.1 Å². The van der Waals surface area contributed by atoms with Crippen LogP contribution >= 0.6 is 27.3 Å². The maximum absolute atomic E-state index is 3.47. The molecule has 0 amide bonds. The first-order valence-corrected chi connectivity index (χ1v) is 6.82. The van der Waals surface area contributed by atoms with E-state index in [1.54, 1.807) is 11.3 Å². The predicted molar refractivity (Wildman–Crippen MR) is 73.4 cm³/mol. The van der Waals surface area contributed by atoms with Crippen molar-refractivity contribution in [1.29, 1.82) is 0 Å². The molecule has 0 aliphatic heterocycles. The Kier molecular flexibility index (Phi) is 5.58. The largest absolute Gasteiger partial charge is 0.313 e. The highest BCUT2D eigenvalue weighted by Gasteiger charge is 1.96. The Balaban J connectivity index is 2.39. The summed E-state index contributed by atoms with van der Waals surface area (Å²) in [6.07, 6.45) is 2.24. The summed E-state index contributed by atoms with van der Waals surface area (Å²) in [5.74, 6) is 0.716. The Morgan fingerprint density at radius 2 is 2.27 bits per heavy atom. The topological polar surface area (TPSA) is 12.0 Å². The molecule has 0 atom stereocenters. The summed E-state index contributed by atoms with van der Waals surface area (Å²) in [4.78, 5) is 1.31. The van der Waals surface area contributed by atoms with Crippen molar-refractivity contribution in [3.05, 3.63) is 26.4 Å². The maximum atomic E-state index is 3.47. The number of rotatable bonds is 5. The summed E-state index contributed by atoms with van der Waals surface area (Å²) in [6, 6.07) is 4.23. The molecule has 1 heterocycles. The summed E-state index contributed by atoms with van der Waals surface area (Å²) in [6.45, 7) is 8.68. The number of thiophene rings is 1. The zero-order chi connectivity index (χ0) is 11.3. The van der Waals surface area contributed by atoms with E-state index in [0.29, 0.717) is 5.92 Å². The van der Waals surface area contributed by atoms with Gasteiger partial charge in [-0.3, -0.25) is 0 Å². The molecule has 0 aliphatic carbocycles. The van der Waals surface area contributed by atoms with Crippen LogP contribution in [0.15, 0.2) is 21.5 Å². The highest BCUT2D eigenvalue weighted by atomic mass is 79.9. The molecule has 0 spiro atoms. The molecule has 0 aromatic carbocycles. The van der Waals surface area contributed by atoms with Gasteiger partial charge in [-0.2, -0.15) is 0 Å². The minimum absolute atomic E-state index is 0.716. The number of hydrogen-bond acceptors (Lipinski definition) is 2. The van der Waals surface area contributed by atoms with Crippen molar-refractivity contribution in [2.45, 2.75) is 20.8 Å². The van der Waals surface area contributed by atoms with Gasteiger partial charge in [-0.15, -0.1) is 11.3 Å².